The van der Waals surface area contributed by atoms with Gasteiger partial charge in [0.05, 0.1) is 16.7 Å². The second kappa shape index (κ2) is 6.12. The molecule has 0 bridgehead atoms. The molecular formula is C16H19N3OS. The molecule has 2 N–H and O–H groups in total. The Balaban J connectivity index is 1.72. The van der Waals surface area contributed by atoms with Crippen LogP contribution in [0.25, 0.3) is 6.58 Å². The van der Waals surface area contributed by atoms with Crippen LogP contribution in [-0.2, 0) is 0 Å². The van der Waals surface area contributed by atoms with E-state index in [4.69, 9.17) is 5.73 Å². The van der Waals surface area contributed by atoms with Crippen molar-refractivity contribution in [3.05, 3.63) is 34.3 Å². The van der Waals surface area contributed by atoms with Gasteiger partial charge in [0.2, 0.25) is 0 Å². The average Bonchev–Trinajstić information content (AvgIpc) is 2.94. The number of thioether (sulfide) groups is 1. The van der Waals surface area contributed by atoms with Crippen LogP contribution in [0.15, 0.2) is 28.2 Å². The number of rotatable bonds is 4. The van der Waals surface area contributed by atoms with Gasteiger partial charge in [-0.15, -0.1) is 0 Å². The molecular weight excluding hydrogens is 282 g/mol. The third-order valence-corrected chi connectivity index (χ3v) is 5.42. The van der Waals surface area contributed by atoms with Gasteiger partial charge in [-0.05, 0) is 43.0 Å². The van der Waals surface area contributed by atoms with Crippen LogP contribution >= 0.6 is 11.8 Å². The Hall–Kier alpha value is -1.46. The Kier molecular flexibility index (Phi) is 4.22. The van der Waals surface area contributed by atoms with Crippen LogP contribution in [0.3, 0.4) is 0 Å². The van der Waals surface area contributed by atoms with Gasteiger partial charge in [0, 0.05) is 5.25 Å². The lowest BCUT2D eigenvalue weighted by atomic mass is 10.1. The van der Waals surface area contributed by atoms with E-state index in [-0.39, 0.29) is 5.91 Å². The van der Waals surface area contributed by atoms with Crippen molar-refractivity contribution in [2.24, 2.45) is 21.6 Å². The van der Waals surface area contributed by atoms with Crippen LogP contribution in [0.2, 0.25) is 0 Å². The number of carbonyl (C=O) groups is 1. The fourth-order valence-corrected chi connectivity index (χ4v) is 4.10. The Morgan fingerprint density at radius 1 is 1.33 bits per heavy atom. The summed E-state index contributed by atoms with van der Waals surface area (Å²) in [7, 11) is 0. The molecule has 1 saturated carbocycles. The molecule has 1 aliphatic heterocycles. The smallest absolute Gasteiger partial charge is 0.280 e. The standard InChI is InChI=1S/C16H19N3OS/c1-10-3-2-4-13-15(10)18-14(19-16(13)20)9-21-12-6-5-11(7-12)8-17/h2-4,11-12H,1,5-9,17H2. The van der Waals surface area contributed by atoms with Gasteiger partial charge in [-0.3, -0.25) is 4.79 Å². The summed E-state index contributed by atoms with van der Waals surface area (Å²) in [6, 6.07) is 5.44. The van der Waals surface area contributed by atoms with Crippen molar-refractivity contribution in [1.82, 2.24) is 0 Å². The molecule has 110 valence electrons. The molecule has 21 heavy (non-hydrogen) atoms. The maximum atomic E-state index is 12.0. The number of nitrogens with two attached hydrogens (primary N) is 1. The third kappa shape index (κ3) is 3.09. The van der Waals surface area contributed by atoms with E-state index >= 15 is 0 Å². The molecule has 0 radical (unpaired) electrons. The Morgan fingerprint density at radius 3 is 2.95 bits per heavy atom. The predicted octanol–water partition coefficient (Wildman–Crippen LogP) is 1.13. The molecule has 1 heterocycles. The lowest BCUT2D eigenvalue weighted by Crippen LogP contribution is -2.34. The average molecular weight is 301 g/mol. The molecule has 5 heteroatoms. The van der Waals surface area contributed by atoms with Crippen LogP contribution in [0.5, 0.6) is 0 Å². The Morgan fingerprint density at radius 2 is 2.19 bits per heavy atom. The molecule has 1 aromatic carbocycles. The van der Waals surface area contributed by atoms with E-state index in [9.17, 15) is 4.79 Å². The van der Waals surface area contributed by atoms with E-state index in [1.54, 1.807) is 6.07 Å². The zero-order chi connectivity index (χ0) is 14.8. The van der Waals surface area contributed by atoms with Crippen molar-refractivity contribution >= 4 is 30.1 Å². The van der Waals surface area contributed by atoms with E-state index in [0.717, 1.165) is 11.8 Å². The van der Waals surface area contributed by atoms with Gasteiger partial charge in [0.1, 0.15) is 5.84 Å². The largest absolute Gasteiger partial charge is 0.330 e. The summed E-state index contributed by atoms with van der Waals surface area (Å²) < 4.78 is 0. The zero-order valence-corrected chi connectivity index (χ0v) is 12.7. The summed E-state index contributed by atoms with van der Waals surface area (Å²) in [5.41, 5.74) is 6.28. The van der Waals surface area contributed by atoms with E-state index in [1.807, 2.05) is 23.9 Å². The lowest BCUT2D eigenvalue weighted by molar-refractivity contribution is 0.1000. The topological polar surface area (TPSA) is 67.8 Å². The van der Waals surface area contributed by atoms with Crippen LogP contribution in [-0.4, -0.2) is 29.3 Å². The first-order valence-electron chi connectivity index (χ1n) is 7.27. The molecule has 0 aromatic heterocycles. The molecule has 2 atom stereocenters. The number of nitrogens with zero attached hydrogens (tertiary/aromatic N) is 2. The number of hydrogen-bond donors (Lipinski definition) is 1. The summed E-state index contributed by atoms with van der Waals surface area (Å²) >= 11 is 1.84. The first-order chi connectivity index (χ1) is 10.2. The van der Waals surface area contributed by atoms with Crippen molar-refractivity contribution < 1.29 is 4.79 Å². The second-order valence-corrected chi connectivity index (χ2v) is 6.89. The van der Waals surface area contributed by atoms with Gasteiger partial charge >= 0.3 is 0 Å². The second-order valence-electron chi connectivity index (χ2n) is 5.61. The van der Waals surface area contributed by atoms with E-state index in [1.165, 1.54) is 19.3 Å². The first kappa shape index (κ1) is 14.5. The highest BCUT2D eigenvalue weighted by atomic mass is 32.2. The number of para-hydroxylation sites is 1. The summed E-state index contributed by atoms with van der Waals surface area (Å²) in [5.74, 6) is 1.75. The quantitative estimate of drug-likeness (QED) is 0.906. The van der Waals surface area contributed by atoms with Crippen LogP contribution < -0.4 is 16.3 Å². The number of hydrogen-bond acceptors (Lipinski definition) is 4. The van der Waals surface area contributed by atoms with Gasteiger partial charge < -0.3 is 5.73 Å². The van der Waals surface area contributed by atoms with Gasteiger partial charge in [-0.25, -0.2) is 4.99 Å². The molecule has 3 rings (SSSR count). The molecule has 1 aliphatic carbocycles. The van der Waals surface area contributed by atoms with E-state index in [2.05, 4.69) is 16.6 Å². The molecule has 1 aromatic rings. The highest BCUT2D eigenvalue weighted by Gasteiger charge is 2.24. The molecule has 1 fully saturated rings. The van der Waals surface area contributed by atoms with Crippen LogP contribution in [0, 0.1) is 5.92 Å². The summed E-state index contributed by atoms with van der Waals surface area (Å²) in [5, 5.41) is 2.07. The third-order valence-electron chi connectivity index (χ3n) is 4.10. The van der Waals surface area contributed by atoms with Crippen LogP contribution in [0.4, 0.5) is 0 Å². The minimum absolute atomic E-state index is 0.202. The maximum absolute atomic E-state index is 12.0. The molecule has 4 nitrogen and oxygen atoms in total. The van der Waals surface area contributed by atoms with Crippen molar-refractivity contribution in [2.45, 2.75) is 24.5 Å². The monoisotopic (exact) mass is 301 g/mol. The SMILES string of the molecule is C=c1cccc2c1=NC(CSC1CCC(CN)C1)=NC2=O. The summed E-state index contributed by atoms with van der Waals surface area (Å²) in [6.45, 7) is 4.72. The normalized spacial score (nSPS) is 24.4. The number of fused-ring (bicyclic) bond motifs is 1. The van der Waals surface area contributed by atoms with Gasteiger partial charge in [-0.1, -0.05) is 18.7 Å². The molecule has 0 saturated heterocycles. The predicted molar refractivity (Wildman–Crippen MR) is 87.2 cm³/mol. The van der Waals surface area contributed by atoms with Crippen molar-refractivity contribution in [2.75, 3.05) is 12.3 Å². The van der Waals surface area contributed by atoms with Gasteiger partial charge in [0.15, 0.2) is 0 Å². The van der Waals surface area contributed by atoms with Gasteiger partial charge in [-0.2, -0.15) is 16.8 Å². The number of amidine groups is 1. The van der Waals surface area contributed by atoms with Crippen molar-refractivity contribution in [1.29, 1.82) is 0 Å². The number of aliphatic imine (C=N–C) groups is 1. The van der Waals surface area contributed by atoms with Crippen molar-refractivity contribution in [3.8, 4) is 0 Å². The maximum Gasteiger partial charge on any atom is 0.280 e. The number of carbonyl (C=O) groups excluding carboxylic acids is 1. The number of amides is 1. The number of benzene rings is 1. The van der Waals surface area contributed by atoms with Crippen LogP contribution in [0.1, 0.15) is 29.6 Å². The highest BCUT2D eigenvalue weighted by Crippen LogP contribution is 2.33. The highest BCUT2D eigenvalue weighted by molar-refractivity contribution is 8.00. The first-order valence-corrected chi connectivity index (χ1v) is 8.32. The summed E-state index contributed by atoms with van der Waals surface area (Å²) in [4.78, 5) is 20.7. The summed E-state index contributed by atoms with van der Waals surface area (Å²) in [6.07, 6.45) is 3.58. The molecule has 0 spiro atoms. The molecule has 1 amide bonds. The minimum Gasteiger partial charge on any atom is -0.330 e. The molecule has 2 unspecified atom stereocenters. The van der Waals surface area contributed by atoms with E-state index < -0.39 is 0 Å². The zero-order valence-electron chi connectivity index (χ0n) is 11.9. The Labute approximate surface area is 128 Å². The van der Waals surface area contributed by atoms with Crippen molar-refractivity contribution in [3.63, 3.8) is 0 Å². The van der Waals surface area contributed by atoms with E-state index in [0.29, 0.717) is 33.7 Å². The lowest BCUT2D eigenvalue weighted by Gasteiger charge is -2.11. The fourth-order valence-electron chi connectivity index (χ4n) is 2.88. The molecule has 2 aliphatic rings. The minimum atomic E-state index is -0.202. The fraction of sp³-hybridized carbons (Fsp3) is 0.438. The Bertz CT molecular complexity index is 698. The van der Waals surface area contributed by atoms with Gasteiger partial charge in [0.25, 0.3) is 5.91 Å².